The van der Waals surface area contributed by atoms with Crippen LogP contribution in [0.4, 0.5) is 0 Å². The summed E-state index contributed by atoms with van der Waals surface area (Å²) in [7, 11) is 0. The van der Waals surface area contributed by atoms with Crippen molar-refractivity contribution in [2.45, 2.75) is 6.42 Å². The summed E-state index contributed by atoms with van der Waals surface area (Å²) in [5, 5.41) is 19.2. The highest BCUT2D eigenvalue weighted by molar-refractivity contribution is 6.49. The second-order valence-corrected chi connectivity index (χ2v) is 5.15. The zero-order valence-corrected chi connectivity index (χ0v) is 12.2. The molecule has 1 aromatic heterocycles. The number of rotatable bonds is 3. The van der Waals surface area contributed by atoms with Crippen molar-refractivity contribution >= 4 is 40.8 Å². The summed E-state index contributed by atoms with van der Waals surface area (Å²) >= 11 is 17.9. The number of nitrogens with zero attached hydrogens (tertiary/aromatic N) is 1. The average Bonchev–Trinajstić information content (AvgIpc) is 2.38. The highest BCUT2D eigenvalue weighted by atomic mass is 35.5. The minimum atomic E-state index is -1.08. The molecule has 0 unspecified atom stereocenters. The number of carboxylic acid groups (broad SMARTS) is 1. The number of hydrogen-bond donors (Lipinski definition) is 2. The van der Waals surface area contributed by atoms with Crippen molar-refractivity contribution in [2.24, 2.45) is 0 Å². The summed E-state index contributed by atoms with van der Waals surface area (Å²) in [5.41, 5.74) is 1.14. The van der Waals surface area contributed by atoms with Gasteiger partial charge in [0.15, 0.2) is 0 Å². The molecule has 7 heteroatoms. The van der Waals surface area contributed by atoms with E-state index in [-0.39, 0.29) is 27.9 Å². The summed E-state index contributed by atoms with van der Waals surface area (Å²) in [4.78, 5) is 14.5. The van der Waals surface area contributed by atoms with Gasteiger partial charge in [0.1, 0.15) is 5.75 Å². The number of aliphatic carboxylic acids is 1. The van der Waals surface area contributed by atoms with E-state index in [2.05, 4.69) is 4.98 Å². The van der Waals surface area contributed by atoms with Crippen LogP contribution < -0.4 is 0 Å². The lowest BCUT2D eigenvalue weighted by molar-refractivity contribution is -0.136. The molecule has 0 aliphatic heterocycles. The van der Waals surface area contributed by atoms with Crippen LogP contribution in [0.2, 0.25) is 15.1 Å². The Morgan fingerprint density at radius 2 is 1.90 bits per heavy atom. The maximum atomic E-state index is 10.6. The van der Waals surface area contributed by atoms with E-state index >= 15 is 0 Å². The van der Waals surface area contributed by atoms with Crippen molar-refractivity contribution in [2.75, 3.05) is 0 Å². The van der Waals surface area contributed by atoms with Gasteiger partial charge in [-0.3, -0.25) is 9.78 Å². The molecule has 2 N–H and O–H groups in total. The van der Waals surface area contributed by atoms with Gasteiger partial charge in [0.05, 0.1) is 27.2 Å². The second-order valence-electron chi connectivity index (χ2n) is 3.98. The van der Waals surface area contributed by atoms with E-state index in [1.54, 1.807) is 12.1 Å². The first-order valence-electron chi connectivity index (χ1n) is 5.43. The fourth-order valence-electron chi connectivity index (χ4n) is 1.66. The number of pyridine rings is 1. The molecule has 0 bridgehead atoms. The minimum Gasteiger partial charge on any atom is -0.506 e. The SMILES string of the molecule is O=C(O)Cc1ncc(-c2ccc(Cl)c(Cl)c2Cl)cc1O. The molecule has 0 amide bonds. The van der Waals surface area contributed by atoms with Crippen molar-refractivity contribution in [3.63, 3.8) is 0 Å². The Morgan fingerprint density at radius 1 is 1.20 bits per heavy atom. The molecule has 104 valence electrons. The van der Waals surface area contributed by atoms with E-state index in [9.17, 15) is 9.90 Å². The van der Waals surface area contributed by atoms with Crippen molar-refractivity contribution < 1.29 is 15.0 Å². The molecule has 0 aliphatic rings. The summed E-state index contributed by atoms with van der Waals surface area (Å²) in [6.45, 7) is 0. The molecule has 0 saturated carbocycles. The quantitative estimate of drug-likeness (QED) is 0.832. The minimum absolute atomic E-state index is 0.0810. The van der Waals surface area contributed by atoms with Gasteiger partial charge >= 0.3 is 5.97 Å². The van der Waals surface area contributed by atoms with E-state index in [1.165, 1.54) is 12.3 Å². The molecule has 20 heavy (non-hydrogen) atoms. The number of carboxylic acids is 1. The molecule has 4 nitrogen and oxygen atoms in total. The van der Waals surface area contributed by atoms with Crippen molar-refractivity contribution in [3.8, 4) is 16.9 Å². The number of halogens is 3. The van der Waals surface area contributed by atoms with E-state index in [0.29, 0.717) is 16.1 Å². The first-order valence-corrected chi connectivity index (χ1v) is 6.57. The Bertz CT molecular complexity index is 689. The van der Waals surface area contributed by atoms with Crippen LogP contribution in [0.5, 0.6) is 5.75 Å². The van der Waals surface area contributed by atoms with Crippen molar-refractivity contribution in [1.82, 2.24) is 4.98 Å². The van der Waals surface area contributed by atoms with Gasteiger partial charge in [0, 0.05) is 17.3 Å². The van der Waals surface area contributed by atoms with E-state index in [1.807, 2.05) is 0 Å². The van der Waals surface area contributed by atoms with Gasteiger partial charge in [-0.05, 0) is 12.1 Å². The van der Waals surface area contributed by atoms with Crippen LogP contribution in [-0.4, -0.2) is 21.2 Å². The predicted octanol–water partition coefficient (Wildman–Crippen LogP) is 4.04. The summed E-state index contributed by atoms with van der Waals surface area (Å²) in [6, 6.07) is 4.61. The molecule has 0 radical (unpaired) electrons. The molecule has 1 heterocycles. The lowest BCUT2D eigenvalue weighted by Crippen LogP contribution is -2.02. The topological polar surface area (TPSA) is 70.4 Å². The summed E-state index contributed by atoms with van der Waals surface area (Å²) in [6.07, 6.45) is 1.06. The van der Waals surface area contributed by atoms with Gasteiger partial charge in [-0.2, -0.15) is 0 Å². The Kier molecular flexibility index (Phi) is 4.38. The van der Waals surface area contributed by atoms with Gasteiger partial charge < -0.3 is 10.2 Å². The number of carbonyl (C=O) groups is 1. The van der Waals surface area contributed by atoms with Crippen LogP contribution in [0.25, 0.3) is 11.1 Å². The van der Waals surface area contributed by atoms with E-state index < -0.39 is 5.97 Å². The summed E-state index contributed by atoms with van der Waals surface area (Å²) < 4.78 is 0. The monoisotopic (exact) mass is 331 g/mol. The molecule has 0 saturated heterocycles. The standard InChI is InChI=1S/C13H8Cl3NO3/c14-8-2-1-7(12(15)13(8)16)6-3-10(18)9(17-5-6)4-11(19)20/h1-3,5,18H,4H2,(H,19,20). The molecule has 1 aromatic carbocycles. The largest absolute Gasteiger partial charge is 0.506 e. The fourth-order valence-corrected chi connectivity index (χ4v) is 2.30. The molecule has 2 aromatic rings. The van der Waals surface area contributed by atoms with E-state index in [4.69, 9.17) is 39.9 Å². The maximum Gasteiger partial charge on any atom is 0.309 e. The molecular weight excluding hydrogens is 325 g/mol. The third-order valence-electron chi connectivity index (χ3n) is 2.61. The zero-order chi connectivity index (χ0) is 14.9. The van der Waals surface area contributed by atoms with Crippen LogP contribution in [0.1, 0.15) is 5.69 Å². The highest BCUT2D eigenvalue weighted by Crippen LogP contribution is 2.38. The third-order valence-corrected chi connectivity index (χ3v) is 3.91. The molecule has 2 rings (SSSR count). The van der Waals surface area contributed by atoms with Gasteiger partial charge in [-0.1, -0.05) is 40.9 Å². The lowest BCUT2D eigenvalue weighted by atomic mass is 10.1. The second kappa shape index (κ2) is 5.87. The normalized spacial score (nSPS) is 10.6. The Labute approximate surface area is 129 Å². The lowest BCUT2D eigenvalue weighted by Gasteiger charge is -2.09. The maximum absolute atomic E-state index is 10.6. The molecule has 0 atom stereocenters. The number of aromatic nitrogens is 1. The number of benzene rings is 1. The van der Waals surface area contributed by atoms with Crippen LogP contribution >= 0.6 is 34.8 Å². The van der Waals surface area contributed by atoms with Gasteiger partial charge in [0.25, 0.3) is 0 Å². The Morgan fingerprint density at radius 3 is 2.50 bits per heavy atom. The predicted molar refractivity (Wildman–Crippen MR) is 77.7 cm³/mol. The van der Waals surface area contributed by atoms with Gasteiger partial charge in [0.2, 0.25) is 0 Å². The molecule has 0 fully saturated rings. The smallest absolute Gasteiger partial charge is 0.309 e. The molecule has 0 spiro atoms. The van der Waals surface area contributed by atoms with Crippen molar-refractivity contribution in [1.29, 1.82) is 0 Å². The highest BCUT2D eigenvalue weighted by Gasteiger charge is 2.14. The Balaban J connectivity index is 2.47. The summed E-state index contributed by atoms with van der Waals surface area (Å²) in [5.74, 6) is -1.29. The fraction of sp³-hybridized carbons (Fsp3) is 0.0769. The third kappa shape index (κ3) is 2.98. The van der Waals surface area contributed by atoms with Crippen LogP contribution in [0.3, 0.4) is 0 Å². The molecule has 0 aliphatic carbocycles. The van der Waals surface area contributed by atoms with Crippen LogP contribution in [0.15, 0.2) is 24.4 Å². The number of aromatic hydroxyl groups is 1. The number of hydrogen-bond acceptors (Lipinski definition) is 3. The zero-order valence-electron chi connectivity index (χ0n) is 9.90. The van der Waals surface area contributed by atoms with Gasteiger partial charge in [-0.25, -0.2) is 0 Å². The first kappa shape index (κ1) is 14.9. The van der Waals surface area contributed by atoms with Crippen molar-refractivity contribution in [3.05, 3.63) is 45.2 Å². The van der Waals surface area contributed by atoms with Gasteiger partial charge in [-0.15, -0.1) is 0 Å². The Hall–Kier alpha value is -1.49. The van der Waals surface area contributed by atoms with Crippen LogP contribution in [-0.2, 0) is 11.2 Å². The van der Waals surface area contributed by atoms with E-state index in [0.717, 1.165) is 0 Å². The molecular formula is C13H8Cl3NO3. The first-order chi connectivity index (χ1) is 9.40. The average molecular weight is 333 g/mol. The van der Waals surface area contributed by atoms with Crippen LogP contribution in [0, 0.1) is 0 Å².